The summed E-state index contributed by atoms with van der Waals surface area (Å²) in [5.41, 5.74) is 0.772. The van der Waals surface area contributed by atoms with Gasteiger partial charge in [-0.15, -0.1) is 0 Å². The average molecular weight is 270 g/mol. The summed E-state index contributed by atoms with van der Waals surface area (Å²) in [5.74, 6) is 0.208. The first-order valence-corrected chi connectivity index (χ1v) is 6.77. The SMILES string of the molecule is CCCC1N=C(c2ccc(F)c3ccccc23)NC1=O. The van der Waals surface area contributed by atoms with Crippen LogP contribution in [0, 0.1) is 5.82 Å². The summed E-state index contributed by atoms with van der Waals surface area (Å²) in [6, 6.07) is 9.99. The van der Waals surface area contributed by atoms with Crippen molar-refractivity contribution in [1.29, 1.82) is 0 Å². The van der Waals surface area contributed by atoms with Crippen LogP contribution in [-0.2, 0) is 4.79 Å². The number of amidine groups is 1. The van der Waals surface area contributed by atoms with E-state index in [9.17, 15) is 9.18 Å². The van der Waals surface area contributed by atoms with Gasteiger partial charge in [-0.1, -0.05) is 37.6 Å². The molecule has 1 amide bonds. The summed E-state index contributed by atoms with van der Waals surface area (Å²) < 4.78 is 13.8. The number of hydrogen-bond donors (Lipinski definition) is 1. The van der Waals surface area contributed by atoms with Gasteiger partial charge in [0.05, 0.1) is 0 Å². The van der Waals surface area contributed by atoms with Crippen molar-refractivity contribution in [3.63, 3.8) is 0 Å². The molecule has 1 N–H and O–H groups in total. The van der Waals surface area contributed by atoms with E-state index in [0.717, 1.165) is 23.8 Å². The largest absolute Gasteiger partial charge is 0.309 e. The fraction of sp³-hybridized carbons (Fsp3) is 0.250. The Kier molecular flexibility index (Phi) is 3.22. The maximum Gasteiger partial charge on any atom is 0.250 e. The van der Waals surface area contributed by atoms with Crippen molar-refractivity contribution >= 4 is 22.5 Å². The molecule has 3 nitrogen and oxygen atoms in total. The Morgan fingerprint density at radius 2 is 1.95 bits per heavy atom. The highest BCUT2D eigenvalue weighted by atomic mass is 19.1. The Balaban J connectivity index is 2.10. The van der Waals surface area contributed by atoms with E-state index in [1.807, 2.05) is 19.1 Å². The predicted octanol–water partition coefficient (Wildman–Crippen LogP) is 3.02. The molecule has 0 aliphatic carbocycles. The van der Waals surface area contributed by atoms with Crippen molar-refractivity contribution in [3.05, 3.63) is 47.8 Å². The number of nitrogens with one attached hydrogen (secondary N) is 1. The molecular weight excluding hydrogens is 255 g/mol. The van der Waals surface area contributed by atoms with Crippen LogP contribution in [0.3, 0.4) is 0 Å². The van der Waals surface area contributed by atoms with Gasteiger partial charge >= 0.3 is 0 Å². The number of carbonyl (C=O) groups excluding carboxylic acids is 1. The third kappa shape index (κ3) is 2.07. The normalized spacial score (nSPS) is 18.2. The van der Waals surface area contributed by atoms with Gasteiger partial charge in [-0.2, -0.15) is 0 Å². The minimum atomic E-state index is -0.321. The molecule has 2 aromatic rings. The summed E-state index contributed by atoms with van der Waals surface area (Å²) in [7, 11) is 0. The van der Waals surface area contributed by atoms with Crippen LogP contribution in [0.25, 0.3) is 10.8 Å². The second-order valence-electron chi connectivity index (χ2n) is 4.91. The third-order valence-electron chi connectivity index (χ3n) is 3.52. The van der Waals surface area contributed by atoms with E-state index in [2.05, 4.69) is 10.3 Å². The van der Waals surface area contributed by atoms with Crippen molar-refractivity contribution in [1.82, 2.24) is 5.32 Å². The lowest BCUT2D eigenvalue weighted by Gasteiger charge is -2.07. The Labute approximate surface area is 116 Å². The monoisotopic (exact) mass is 270 g/mol. The number of carbonyl (C=O) groups is 1. The number of rotatable bonds is 3. The number of fused-ring (bicyclic) bond motifs is 1. The van der Waals surface area contributed by atoms with Crippen LogP contribution in [0.5, 0.6) is 0 Å². The summed E-state index contributed by atoms with van der Waals surface area (Å²) >= 11 is 0. The molecule has 0 fully saturated rings. The van der Waals surface area contributed by atoms with Crippen molar-refractivity contribution in [2.45, 2.75) is 25.8 Å². The van der Waals surface area contributed by atoms with Gasteiger partial charge in [-0.3, -0.25) is 9.79 Å². The second kappa shape index (κ2) is 5.04. The van der Waals surface area contributed by atoms with E-state index in [0.29, 0.717) is 11.2 Å². The van der Waals surface area contributed by atoms with Crippen LogP contribution in [-0.4, -0.2) is 17.8 Å². The molecule has 0 aromatic heterocycles. The van der Waals surface area contributed by atoms with Crippen molar-refractivity contribution < 1.29 is 9.18 Å². The summed E-state index contributed by atoms with van der Waals surface area (Å²) in [6.45, 7) is 2.02. The zero-order valence-corrected chi connectivity index (χ0v) is 11.2. The lowest BCUT2D eigenvalue weighted by molar-refractivity contribution is -0.120. The molecule has 0 saturated heterocycles. The topological polar surface area (TPSA) is 41.5 Å². The van der Waals surface area contributed by atoms with Gasteiger partial charge < -0.3 is 5.32 Å². The lowest BCUT2D eigenvalue weighted by atomic mass is 10.0. The predicted molar refractivity (Wildman–Crippen MR) is 77.3 cm³/mol. The first kappa shape index (κ1) is 12.8. The molecule has 1 aliphatic rings. The highest BCUT2D eigenvalue weighted by Crippen LogP contribution is 2.23. The first-order valence-electron chi connectivity index (χ1n) is 6.77. The molecule has 0 spiro atoms. The average Bonchev–Trinajstić information content (AvgIpc) is 2.81. The Bertz CT molecular complexity index is 709. The minimum absolute atomic E-state index is 0.0738. The third-order valence-corrected chi connectivity index (χ3v) is 3.52. The molecule has 20 heavy (non-hydrogen) atoms. The van der Waals surface area contributed by atoms with Gasteiger partial charge in [0.15, 0.2) is 0 Å². The number of hydrogen-bond acceptors (Lipinski definition) is 2. The van der Waals surface area contributed by atoms with Crippen LogP contribution >= 0.6 is 0 Å². The van der Waals surface area contributed by atoms with Crippen LogP contribution in [0.4, 0.5) is 4.39 Å². The minimum Gasteiger partial charge on any atom is -0.309 e. The number of benzene rings is 2. The highest BCUT2D eigenvalue weighted by Gasteiger charge is 2.26. The van der Waals surface area contributed by atoms with E-state index in [1.165, 1.54) is 6.07 Å². The van der Waals surface area contributed by atoms with Crippen LogP contribution in [0.1, 0.15) is 25.3 Å². The van der Waals surface area contributed by atoms with Crippen LogP contribution in [0.15, 0.2) is 41.4 Å². The number of aliphatic imine (C=N–C) groups is 1. The van der Waals surface area contributed by atoms with Gasteiger partial charge in [-0.05, 0) is 23.9 Å². The maximum absolute atomic E-state index is 13.8. The van der Waals surface area contributed by atoms with Gasteiger partial charge in [0.1, 0.15) is 17.7 Å². The Hall–Kier alpha value is -2.23. The van der Waals surface area contributed by atoms with E-state index in [4.69, 9.17) is 0 Å². The van der Waals surface area contributed by atoms with Gasteiger partial charge in [0, 0.05) is 10.9 Å². The van der Waals surface area contributed by atoms with Crippen LogP contribution < -0.4 is 5.32 Å². The first-order chi connectivity index (χ1) is 9.70. The van der Waals surface area contributed by atoms with Crippen LogP contribution in [0.2, 0.25) is 0 Å². The molecule has 0 saturated carbocycles. The molecule has 2 aromatic carbocycles. The van der Waals surface area contributed by atoms with E-state index < -0.39 is 0 Å². The van der Waals surface area contributed by atoms with Crippen molar-refractivity contribution in [3.8, 4) is 0 Å². The molecule has 1 heterocycles. The summed E-state index contributed by atoms with van der Waals surface area (Å²) in [6.07, 6.45) is 1.63. The fourth-order valence-electron chi connectivity index (χ4n) is 2.52. The smallest absolute Gasteiger partial charge is 0.250 e. The quantitative estimate of drug-likeness (QED) is 0.915. The summed E-state index contributed by atoms with van der Waals surface area (Å²) in [4.78, 5) is 16.3. The molecular formula is C16H15FN2O. The van der Waals surface area contributed by atoms with E-state index >= 15 is 0 Å². The Morgan fingerprint density at radius 3 is 2.70 bits per heavy atom. The number of halogens is 1. The number of amides is 1. The van der Waals surface area contributed by atoms with Gasteiger partial charge in [0.25, 0.3) is 0 Å². The zero-order valence-electron chi connectivity index (χ0n) is 11.2. The highest BCUT2D eigenvalue weighted by molar-refractivity contribution is 6.18. The molecule has 0 radical (unpaired) electrons. The maximum atomic E-state index is 13.8. The molecule has 3 rings (SSSR count). The van der Waals surface area contributed by atoms with Gasteiger partial charge in [-0.25, -0.2) is 4.39 Å². The molecule has 1 aliphatic heterocycles. The molecule has 102 valence electrons. The molecule has 0 bridgehead atoms. The van der Waals surface area contributed by atoms with E-state index in [-0.39, 0.29) is 17.8 Å². The summed E-state index contributed by atoms with van der Waals surface area (Å²) in [5, 5.41) is 4.12. The molecule has 1 atom stereocenters. The Morgan fingerprint density at radius 1 is 1.20 bits per heavy atom. The zero-order chi connectivity index (χ0) is 14.1. The standard InChI is InChI=1S/C16H15FN2O/c1-2-5-14-16(20)19-15(18-14)12-8-9-13(17)11-7-4-3-6-10(11)12/h3-4,6-9,14H,2,5H2,1H3,(H,18,19,20). The fourth-order valence-corrected chi connectivity index (χ4v) is 2.52. The molecule has 1 unspecified atom stereocenters. The molecule has 4 heteroatoms. The second-order valence-corrected chi connectivity index (χ2v) is 4.91. The van der Waals surface area contributed by atoms with Crippen molar-refractivity contribution in [2.24, 2.45) is 4.99 Å². The number of nitrogens with zero attached hydrogens (tertiary/aromatic N) is 1. The van der Waals surface area contributed by atoms with E-state index in [1.54, 1.807) is 18.2 Å². The lowest BCUT2D eigenvalue weighted by Crippen LogP contribution is -2.29. The van der Waals surface area contributed by atoms with Gasteiger partial charge in [0.2, 0.25) is 5.91 Å². The van der Waals surface area contributed by atoms with Crippen molar-refractivity contribution in [2.75, 3.05) is 0 Å².